The molecule has 0 aromatic rings. The van der Waals surface area contributed by atoms with E-state index in [0.29, 0.717) is 5.92 Å². The molecule has 1 unspecified atom stereocenters. The van der Waals surface area contributed by atoms with E-state index in [0.717, 1.165) is 5.03 Å². The number of halogens is 1. The Labute approximate surface area is 74.9 Å². The van der Waals surface area contributed by atoms with Gasteiger partial charge in [-0.2, -0.15) is 0 Å². The third-order valence-electron chi connectivity index (χ3n) is 2.00. The van der Waals surface area contributed by atoms with E-state index in [4.69, 9.17) is 11.6 Å². The van der Waals surface area contributed by atoms with E-state index in [-0.39, 0.29) is 0 Å². The maximum Gasteiger partial charge on any atom is 0.0236 e. The molecule has 0 saturated heterocycles. The highest BCUT2D eigenvalue weighted by atomic mass is 35.5. The zero-order valence-electron chi connectivity index (χ0n) is 8.03. The van der Waals surface area contributed by atoms with Gasteiger partial charge >= 0.3 is 0 Å². The molecule has 0 spiro atoms. The predicted octanol–water partition coefficient (Wildman–Crippen LogP) is 4.12. The fourth-order valence-corrected chi connectivity index (χ4v) is 1.06. The van der Waals surface area contributed by atoms with E-state index in [2.05, 4.69) is 19.9 Å². The van der Waals surface area contributed by atoms with Crippen LogP contribution in [0.3, 0.4) is 0 Å². The zero-order chi connectivity index (χ0) is 9.02. The number of allylic oxidation sites excluding steroid dienone is 4. The lowest BCUT2D eigenvalue weighted by atomic mass is 10.00. The van der Waals surface area contributed by atoms with Gasteiger partial charge in [-0.05, 0) is 27.7 Å². The Morgan fingerprint density at radius 2 is 1.73 bits per heavy atom. The van der Waals surface area contributed by atoms with E-state index in [1.165, 1.54) is 11.1 Å². The van der Waals surface area contributed by atoms with Crippen molar-refractivity contribution in [1.82, 2.24) is 0 Å². The van der Waals surface area contributed by atoms with Crippen LogP contribution >= 0.6 is 11.6 Å². The summed E-state index contributed by atoms with van der Waals surface area (Å²) in [5.41, 5.74) is 2.54. The van der Waals surface area contributed by atoms with Crippen LogP contribution in [0.4, 0.5) is 0 Å². The Bertz CT molecular complexity index is 183. The summed E-state index contributed by atoms with van der Waals surface area (Å²) in [5, 5.41) is 0.973. The largest absolute Gasteiger partial charge is 0.0886 e. The quantitative estimate of drug-likeness (QED) is 0.550. The van der Waals surface area contributed by atoms with Crippen LogP contribution in [0, 0.1) is 5.92 Å². The maximum absolute atomic E-state index is 6.08. The number of hydrogen-bond donors (Lipinski definition) is 0. The van der Waals surface area contributed by atoms with Crippen molar-refractivity contribution >= 4 is 11.6 Å². The van der Waals surface area contributed by atoms with Crippen LogP contribution in [0.25, 0.3) is 0 Å². The molecule has 0 amide bonds. The highest BCUT2D eigenvalue weighted by Crippen LogP contribution is 2.25. The van der Waals surface area contributed by atoms with Crippen LogP contribution < -0.4 is 0 Å². The molecule has 1 heteroatoms. The summed E-state index contributed by atoms with van der Waals surface area (Å²) in [7, 11) is 0. The summed E-state index contributed by atoms with van der Waals surface area (Å²) < 4.78 is 0. The Kier molecular flexibility index (Phi) is 4.51. The summed E-state index contributed by atoms with van der Waals surface area (Å²) in [6.07, 6.45) is 2.11. The molecule has 0 nitrogen and oxygen atoms in total. The van der Waals surface area contributed by atoms with E-state index in [1.807, 2.05) is 20.8 Å². The van der Waals surface area contributed by atoms with Crippen LogP contribution in [-0.4, -0.2) is 0 Å². The predicted molar refractivity (Wildman–Crippen MR) is 52.8 cm³/mol. The molecule has 0 bridgehead atoms. The van der Waals surface area contributed by atoms with Gasteiger partial charge in [-0.1, -0.05) is 35.7 Å². The van der Waals surface area contributed by atoms with Crippen molar-refractivity contribution in [2.75, 3.05) is 0 Å². The molecule has 0 rings (SSSR count). The van der Waals surface area contributed by atoms with Gasteiger partial charge in [0.2, 0.25) is 0 Å². The van der Waals surface area contributed by atoms with Gasteiger partial charge in [0.1, 0.15) is 0 Å². The average Bonchev–Trinajstić information content (AvgIpc) is 2.00. The van der Waals surface area contributed by atoms with Crippen LogP contribution in [0.5, 0.6) is 0 Å². The van der Waals surface area contributed by atoms with Crippen LogP contribution in [-0.2, 0) is 0 Å². The standard InChI is InChI=1S/C10H17Cl/c1-6-8(4)9(5)10(11)7(2)3/h6,9H,1-5H3/b8-6+. The van der Waals surface area contributed by atoms with Crippen molar-refractivity contribution < 1.29 is 0 Å². The first kappa shape index (κ1) is 10.8. The van der Waals surface area contributed by atoms with Crippen molar-refractivity contribution in [3.63, 3.8) is 0 Å². The Morgan fingerprint density at radius 1 is 1.27 bits per heavy atom. The molecular weight excluding hydrogens is 156 g/mol. The van der Waals surface area contributed by atoms with Gasteiger partial charge in [0.15, 0.2) is 0 Å². The van der Waals surface area contributed by atoms with Gasteiger partial charge in [0.25, 0.3) is 0 Å². The number of rotatable bonds is 2. The van der Waals surface area contributed by atoms with Gasteiger partial charge in [-0.15, -0.1) is 0 Å². The summed E-state index contributed by atoms with van der Waals surface area (Å²) in [6.45, 7) is 10.4. The molecule has 0 heterocycles. The monoisotopic (exact) mass is 172 g/mol. The van der Waals surface area contributed by atoms with Crippen molar-refractivity contribution in [3.05, 3.63) is 22.3 Å². The molecule has 0 aliphatic rings. The van der Waals surface area contributed by atoms with Crippen molar-refractivity contribution in [2.24, 2.45) is 5.92 Å². The summed E-state index contributed by atoms with van der Waals surface area (Å²) in [6, 6.07) is 0. The molecule has 11 heavy (non-hydrogen) atoms. The first-order chi connectivity index (χ1) is 5.00. The molecule has 0 aliphatic heterocycles. The molecule has 1 atom stereocenters. The lowest BCUT2D eigenvalue weighted by molar-refractivity contribution is 0.830. The van der Waals surface area contributed by atoms with Gasteiger partial charge in [0, 0.05) is 11.0 Å². The van der Waals surface area contributed by atoms with E-state index >= 15 is 0 Å². The second-order valence-corrected chi connectivity index (χ2v) is 3.51. The summed E-state index contributed by atoms with van der Waals surface area (Å²) in [5.74, 6) is 0.381. The molecule has 0 saturated carbocycles. The fourth-order valence-electron chi connectivity index (χ4n) is 0.883. The molecule has 0 radical (unpaired) electrons. The second kappa shape index (κ2) is 4.61. The molecule has 0 fully saturated rings. The Balaban J connectivity index is 4.51. The summed E-state index contributed by atoms with van der Waals surface area (Å²) >= 11 is 6.08. The fraction of sp³-hybridized carbons (Fsp3) is 0.600. The molecule has 64 valence electrons. The Hall–Kier alpha value is -0.230. The first-order valence-corrected chi connectivity index (χ1v) is 4.34. The minimum absolute atomic E-state index is 0.381. The molecule has 0 N–H and O–H groups in total. The molecule has 0 aromatic carbocycles. The zero-order valence-corrected chi connectivity index (χ0v) is 8.79. The van der Waals surface area contributed by atoms with Crippen LogP contribution in [0.2, 0.25) is 0 Å². The van der Waals surface area contributed by atoms with Crippen LogP contribution in [0.15, 0.2) is 22.3 Å². The number of hydrogen-bond acceptors (Lipinski definition) is 0. The first-order valence-electron chi connectivity index (χ1n) is 3.96. The van der Waals surface area contributed by atoms with Gasteiger partial charge in [-0.25, -0.2) is 0 Å². The third-order valence-corrected chi connectivity index (χ3v) is 2.70. The van der Waals surface area contributed by atoms with E-state index in [1.54, 1.807) is 0 Å². The topological polar surface area (TPSA) is 0 Å². The van der Waals surface area contributed by atoms with E-state index < -0.39 is 0 Å². The smallest absolute Gasteiger partial charge is 0.0236 e. The highest BCUT2D eigenvalue weighted by Gasteiger charge is 2.08. The molecule has 0 aliphatic carbocycles. The van der Waals surface area contributed by atoms with Crippen molar-refractivity contribution in [2.45, 2.75) is 34.6 Å². The second-order valence-electron chi connectivity index (χ2n) is 3.10. The highest BCUT2D eigenvalue weighted by molar-refractivity contribution is 6.30. The van der Waals surface area contributed by atoms with Gasteiger partial charge in [0.05, 0.1) is 0 Å². The molecular formula is C10H17Cl. The maximum atomic E-state index is 6.08. The van der Waals surface area contributed by atoms with Gasteiger partial charge in [-0.3, -0.25) is 0 Å². The van der Waals surface area contributed by atoms with Gasteiger partial charge < -0.3 is 0 Å². The van der Waals surface area contributed by atoms with Crippen molar-refractivity contribution in [3.8, 4) is 0 Å². The van der Waals surface area contributed by atoms with Crippen molar-refractivity contribution in [1.29, 1.82) is 0 Å². The minimum atomic E-state index is 0.381. The Morgan fingerprint density at radius 3 is 2.00 bits per heavy atom. The van der Waals surface area contributed by atoms with E-state index in [9.17, 15) is 0 Å². The normalized spacial score (nSPS) is 14.5. The average molecular weight is 173 g/mol. The molecule has 0 aromatic heterocycles. The van der Waals surface area contributed by atoms with Crippen LogP contribution in [0.1, 0.15) is 34.6 Å². The summed E-state index contributed by atoms with van der Waals surface area (Å²) in [4.78, 5) is 0. The minimum Gasteiger partial charge on any atom is -0.0886 e. The lowest BCUT2D eigenvalue weighted by Gasteiger charge is -2.12. The SMILES string of the molecule is C/C=C(\C)C(C)C(Cl)=C(C)C. The lowest BCUT2D eigenvalue weighted by Crippen LogP contribution is -1.97. The third kappa shape index (κ3) is 3.11.